The van der Waals surface area contributed by atoms with Crippen molar-refractivity contribution in [3.05, 3.63) is 90.5 Å². The Bertz CT molecular complexity index is 790. The molecule has 1 aromatic heterocycles. The fourth-order valence-corrected chi connectivity index (χ4v) is 4.51. The predicted octanol–water partition coefficient (Wildman–Crippen LogP) is 3.85. The van der Waals surface area contributed by atoms with Crippen molar-refractivity contribution in [3.63, 3.8) is 0 Å². The second-order valence-corrected chi connectivity index (χ2v) is 7.82. The first-order valence-corrected chi connectivity index (χ1v) is 10.3. The number of benzene rings is 2. The van der Waals surface area contributed by atoms with Gasteiger partial charge in [-0.1, -0.05) is 60.7 Å². The SMILES string of the molecule is CN1CCN(CCCCn2ccnc2)C(c2ccccc2)(c2ccccc2)C1. The molecule has 0 bridgehead atoms. The molecule has 146 valence electrons. The van der Waals surface area contributed by atoms with Crippen LogP contribution in [-0.2, 0) is 12.1 Å². The van der Waals surface area contributed by atoms with Gasteiger partial charge in [0.1, 0.15) is 0 Å². The van der Waals surface area contributed by atoms with Gasteiger partial charge in [0.2, 0.25) is 0 Å². The summed E-state index contributed by atoms with van der Waals surface area (Å²) >= 11 is 0. The van der Waals surface area contributed by atoms with Gasteiger partial charge in [0, 0.05) is 38.6 Å². The Kier molecular flexibility index (Phi) is 5.89. The van der Waals surface area contributed by atoms with Crippen molar-refractivity contribution in [2.75, 3.05) is 33.2 Å². The van der Waals surface area contributed by atoms with Gasteiger partial charge in [-0.2, -0.15) is 0 Å². The van der Waals surface area contributed by atoms with E-state index >= 15 is 0 Å². The maximum Gasteiger partial charge on any atom is 0.0945 e. The normalized spacial score (nSPS) is 17.6. The zero-order valence-corrected chi connectivity index (χ0v) is 16.7. The minimum atomic E-state index is -0.0927. The number of piperazine rings is 1. The zero-order chi connectivity index (χ0) is 19.2. The number of aromatic nitrogens is 2. The molecule has 4 rings (SSSR count). The molecule has 0 aliphatic carbocycles. The second kappa shape index (κ2) is 8.72. The van der Waals surface area contributed by atoms with E-state index in [4.69, 9.17) is 0 Å². The molecule has 3 aromatic rings. The molecule has 0 unspecified atom stereocenters. The van der Waals surface area contributed by atoms with Crippen molar-refractivity contribution >= 4 is 0 Å². The fourth-order valence-electron chi connectivity index (χ4n) is 4.51. The van der Waals surface area contributed by atoms with E-state index in [9.17, 15) is 0 Å². The number of hydrogen-bond donors (Lipinski definition) is 0. The highest BCUT2D eigenvalue weighted by Gasteiger charge is 2.43. The van der Waals surface area contributed by atoms with Crippen LogP contribution in [0.4, 0.5) is 0 Å². The number of imidazole rings is 1. The van der Waals surface area contributed by atoms with Crippen LogP contribution in [0.3, 0.4) is 0 Å². The van der Waals surface area contributed by atoms with Crippen molar-refractivity contribution in [3.8, 4) is 0 Å². The van der Waals surface area contributed by atoms with E-state index in [2.05, 4.69) is 87.1 Å². The molecule has 2 heterocycles. The summed E-state index contributed by atoms with van der Waals surface area (Å²) < 4.78 is 2.17. The van der Waals surface area contributed by atoms with Gasteiger partial charge in [0.05, 0.1) is 11.9 Å². The summed E-state index contributed by atoms with van der Waals surface area (Å²) in [6.45, 7) is 5.36. The molecule has 0 radical (unpaired) electrons. The van der Waals surface area contributed by atoms with Crippen LogP contribution < -0.4 is 0 Å². The van der Waals surface area contributed by atoms with Crippen molar-refractivity contribution < 1.29 is 0 Å². The summed E-state index contributed by atoms with van der Waals surface area (Å²) in [6, 6.07) is 22.1. The van der Waals surface area contributed by atoms with Gasteiger partial charge in [-0.15, -0.1) is 0 Å². The number of likely N-dealkylation sites (N-methyl/N-ethyl adjacent to an activating group) is 1. The molecule has 0 spiro atoms. The molecule has 1 saturated heterocycles. The first kappa shape index (κ1) is 18.9. The van der Waals surface area contributed by atoms with Gasteiger partial charge < -0.3 is 9.47 Å². The minimum absolute atomic E-state index is 0.0927. The van der Waals surface area contributed by atoms with E-state index in [0.717, 1.165) is 32.7 Å². The highest BCUT2D eigenvalue weighted by Crippen LogP contribution is 2.39. The largest absolute Gasteiger partial charge is 0.337 e. The Morgan fingerprint density at radius 2 is 1.50 bits per heavy atom. The Morgan fingerprint density at radius 1 is 0.857 bits per heavy atom. The van der Waals surface area contributed by atoms with E-state index in [1.165, 1.54) is 24.0 Å². The molecule has 4 heteroatoms. The van der Waals surface area contributed by atoms with Crippen LogP contribution in [-0.4, -0.2) is 52.6 Å². The first-order valence-electron chi connectivity index (χ1n) is 10.3. The number of nitrogens with zero attached hydrogens (tertiary/aromatic N) is 4. The smallest absolute Gasteiger partial charge is 0.0945 e. The van der Waals surface area contributed by atoms with Crippen molar-refractivity contribution in [1.29, 1.82) is 0 Å². The molecule has 0 saturated carbocycles. The molecule has 0 amide bonds. The second-order valence-electron chi connectivity index (χ2n) is 7.82. The van der Waals surface area contributed by atoms with Gasteiger partial charge in [-0.25, -0.2) is 4.98 Å². The number of aryl methyl sites for hydroxylation is 1. The van der Waals surface area contributed by atoms with Crippen molar-refractivity contribution in [2.24, 2.45) is 0 Å². The lowest BCUT2D eigenvalue weighted by Crippen LogP contribution is -2.60. The summed E-state index contributed by atoms with van der Waals surface area (Å²) in [6.07, 6.45) is 8.17. The number of hydrogen-bond acceptors (Lipinski definition) is 3. The van der Waals surface area contributed by atoms with E-state index in [1.807, 2.05) is 18.7 Å². The maximum atomic E-state index is 4.15. The van der Waals surface area contributed by atoms with Crippen LogP contribution in [0, 0.1) is 0 Å². The summed E-state index contributed by atoms with van der Waals surface area (Å²) in [4.78, 5) is 9.34. The average Bonchev–Trinajstić information content (AvgIpc) is 3.27. The summed E-state index contributed by atoms with van der Waals surface area (Å²) in [5, 5.41) is 0. The van der Waals surface area contributed by atoms with Gasteiger partial charge in [-0.3, -0.25) is 4.90 Å². The van der Waals surface area contributed by atoms with Crippen LogP contribution in [0.2, 0.25) is 0 Å². The third kappa shape index (κ3) is 3.89. The van der Waals surface area contributed by atoms with Crippen LogP contribution in [0.5, 0.6) is 0 Å². The Morgan fingerprint density at radius 3 is 2.11 bits per heavy atom. The lowest BCUT2D eigenvalue weighted by molar-refractivity contribution is 0.0299. The standard InChI is InChI=1S/C24H30N4/c1-26-18-19-28(16-9-8-15-27-17-14-25-21-27)24(20-26,22-10-4-2-5-11-22)23-12-6-3-7-13-23/h2-7,10-14,17,21H,8-9,15-16,18-20H2,1H3. The van der Waals surface area contributed by atoms with E-state index < -0.39 is 0 Å². The third-order valence-corrected chi connectivity index (χ3v) is 5.95. The molecule has 4 nitrogen and oxygen atoms in total. The lowest BCUT2D eigenvalue weighted by atomic mass is 9.79. The minimum Gasteiger partial charge on any atom is -0.337 e. The monoisotopic (exact) mass is 374 g/mol. The molecular formula is C24H30N4. The summed E-state index contributed by atoms with van der Waals surface area (Å²) in [5.74, 6) is 0. The highest BCUT2D eigenvalue weighted by molar-refractivity contribution is 5.40. The lowest BCUT2D eigenvalue weighted by Gasteiger charge is -2.51. The number of unbranched alkanes of at least 4 members (excludes halogenated alkanes) is 1. The van der Waals surface area contributed by atoms with Crippen LogP contribution >= 0.6 is 0 Å². The Hall–Kier alpha value is -2.43. The molecule has 0 atom stereocenters. The summed E-state index contributed by atoms with van der Waals surface area (Å²) in [7, 11) is 2.25. The predicted molar refractivity (Wildman–Crippen MR) is 114 cm³/mol. The zero-order valence-electron chi connectivity index (χ0n) is 16.7. The first-order chi connectivity index (χ1) is 13.8. The average molecular weight is 375 g/mol. The van der Waals surface area contributed by atoms with E-state index in [0.29, 0.717) is 0 Å². The van der Waals surface area contributed by atoms with Gasteiger partial charge in [0.15, 0.2) is 0 Å². The molecule has 1 aliphatic rings. The number of rotatable bonds is 7. The molecule has 0 N–H and O–H groups in total. The maximum absolute atomic E-state index is 4.15. The van der Waals surface area contributed by atoms with Crippen LogP contribution in [0.1, 0.15) is 24.0 Å². The Labute approximate surface area is 168 Å². The third-order valence-electron chi connectivity index (χ3n) is 5.95. The molecule has 1 fully saturated rings. The van der Waals surface area contributed by atoms with Crippen LogP contribution in [0.25, 0.3) is 0 Å². The Balaban J connectivity index is 1.60. The molecular weight excluding hydrogens is 344 g/mol. The van der Waals surface area contributed by atoms with Gasteiger partial charge in [-0.05, 0) is 37.6 Å². The topological polar surface area (TPSA) is 24.3 Å². The highest BCUT2D eigenvalue weighted by atomic mass is 15.3. The molecule has 28 heavy (non-hydrogen) atoms. The fraction of sp³-hybridized carbons (Fsp3) is 0.375. The van der Waals surface area contributed by atoms with E-state index in [-0.39, 0.29) is 5.54 Å². The quantitative estimate of drug-likeness (QED) is 0.587. The molecule has 2 aromatic carbocycles. The molecule has 1 aliphatic heterocycles. The van der Waals surface area contributed by atoms with Gasteiger partial charge >= 0.3 is 0 Å². The summed E-state index contributed by atoms with van der Waals surface area (Å²) in [5.41, 5.74) is 2.69. The van der Waals surface area contributed by atoms with Gasteiger partial charge in [0.25, 0.3) is 0 Å². The van der Waals surface area contributed by atoms with E-state index in [1.54, 1.807) is 0 Å². The van der Waals surface area contributed by atoms with Crippen LogP contribution in [0.15, 0.2) is 79.4 Å². The van der Waals surface area contributed by atoms with Crippen molar-refractivity contribution in [2.45, 2.75) is 24.9 Å². The van der Waals surface area contributed by atoms with Crippen molar-refractivity contribution in [1.82, 2.24) is 19.4 Å².